The minimum Gasteiger partial charge on any atom is -0.652 e. The average Bonchev–Trinajstić information content (AvgIpc) is 1.25. The van der Waals surface area contributed by atoms with Crippen LogP contribution in [0.1, 0.15) is 0 Å². The first-order valence-electron chi connectivity index (χ1n) is 1.22. The molecule has 0 bridgehead atoms. The van der Waals surface area contributed by atoms with E-state index in [-0.39, 0.29) is 115 Å². The van der Waals surface area contributed by atoms with E-state index in [0.29, 0.717) is 0 Å². The molecule has 0 radical (unpaired) electrons. The van der Waals surface area contributed by atoms with Crippen molar-refractivity contribution in [1.29, 1.82) is 0 Å². The van der Waals surface area contributed by atoms with Crippen LogP contribution in [-0.2, 0) is 0 Å². The van der Waals surface area contributed by atoms with Gasteiger partial charge in [0.05, 0.1) is 0 Å². The van der Waals surface area contributed by atoms with Crippen molar-refractivity contribution in [3.8, 4) is 0 Å². The summed E-state index contributed by atoms with van der Waals surface area (Å²) in [6, 6.07) is 0. The van der Waals surface area contributed by atoms with Gasteiger partial charge in [-0.1, -0.05) is 0 Å². The molecule has 0 saturated carbocycles. The van der Waals surface area contributed by atoms with Crippen molar-refractivity contribution in [3.63, 3.8) is 0 Å². The Balaban J connectivity index is -0.00000000800. The zero-order valence-electron chi connectivity index (χ0n) is 6.99. The van der Waals surface area contributed by atoms with E-state index in [1.54, 1.807) is 0 Å². The molecule has 0 aliphatic carbocycles. The van der Waals surface area contributed by atoms with Gasteiger partial charge in [0.1, 0.15) is 0 Å². The summed E-state index contributed by atoms with van der Waals surface area (Å²) in [6.07, 6.45) is -4.67. The smallest absolute Gasteiger partial charge is 0.652 e. The first kappa shape index (κ1) is 45.3. The second-order valence-corrected chi connectivity index (χ2v) is 0.500. The molecule has 0 aromatic heterocycles. The minimum absolute atomic E-state index is 0. The van der Waals surface area contributed by atoms with Gasteiger partial charge in [0.15, 0.2) is 0 Å². The molecule has 48 valence electrons. The molecule has 0 rings (SSSR count). The van der Waals surface area contributed by atoms with E-state index in [1.807, 2.05) is 0 Å². The first-order valence-corrected chi connectivity index (χ1v) is 1.22. The van der Waals surface area contributed by atoms with Gasteiger partial charge in [-0.05, 0) is 12.3 Å². The Morgan fingerprint density at radius 3 is 0.538 bits per heavy atom. The number of carbonyl (C=O) groups excluding carboxylic acids is 2. The topological polar surface area (TPSA) is 126 Å². The van der Waals surface area contributed by atoms with E-state index in [2.05, 4.69) is 0 Å². The van der Waals surface area contributed by atoms with Crippen LogP contribution in [-0.4, -0.2) is 128 Å². The number of hydrogen-bond acceptors (Lipinski definition) is 6. The number of carboxylic acid groups (broad SMARTS) is 4. The third-order valence-electron chi connectivity index (χ3n) is 0. The van der Waals surface area contributed by atoms with Crippen LogP contribution in [0.15, 0.2) is 0 Å². The van der Waals surface area contributed by atoms with Gasteiger partial charge < -0.3 is 30.0 Å². The molecule has 0 heterocycles. The maximum absolute atomic E-state index is 8.33. The molecule has 0 aromatic rings. The molecule has 0 saturated heterocycles. The van der Waals surface area contributed by atoms with Crippen LogP contribution in [0.3, 0.4) is 0 Å². The second-order valence-electron chi connectivity index (χ2n) is 0.500. The van der Waals surface area contributed by atoms with Crippen LogP contribution in [0.25, 0.3) is 0 Å². The molecule has 6 nitrogen and oxygen atoms in total. The molecule has 0 aliphatic heterocycles. The summed E-state index contributed by atoms with van der Waals surface area (Å²) in [4.78, 5) is 16.7. The van der Waals surface area contributed by atoms with E-state index in [1.165, 1.54) is 0 Å². The Kier molecular flexibility index (Phi) is 128. The van der Waals surface area contributed by atoms with Crippen molar-refractivity contribution in [1.82, 2.24) is 0 Å². The van der Waals surface area contributed by atoms with Gasteiger partial charge in [0.2, 0.25) is 0 Å². The van der Waals surface area contributed by atoms with Crippen LogP contribution in [0.4, 0.5) is 9.59 Å². The van der Waals surface area contributed by atoms with Gasteiger partial charge >= 0.3 is 115 Å². The van der Waals surface area contributed by atoms with Crippen molar-refractivity contribution < 1.29 is 30.0 Å². The van der Waals surface area contributed by atoms with E-state index in [9.17, 15) is 0 Å². The van der Waals surface area contributed by atoms with Crippen molar-refractivity contribution >= 4 is 128 Å². The van der Waals surface area contributed by atoms with Gasteiger partial charge in [0.25, 0.3) is 0 Å². The molecule has 0 spiro atoms. The van der Waals surface area contributed by atoms with Crippen molar-refractivity contribution in [2.45, 2.75) is 0 Å². The molecule has 0 aliphatic rings. The molecular weight excluding hydrogens is 242 g/mol. The van der Waals surface area contributed by atoms with Crippen LogP contribution in [0, 0.1) is 0 Å². The number of hydrogen-bond donors (Lipinski definition) is 0. The molecule has 0 N–H and O–H groups in total. The van der Waals surface area contributed by atoms with Gasteiger partial charge in [-0.3, -0.25) is 0 Å². The summed E-state index contributed by atoms with van der Waals surface area (Å²) < 4.78 is 0. The zero-order chi connectivity index (χ0) is 7.15. The maximum atomic E-state index is 8.33. The van der Waals surface area contributed by atoms with Gasteiger partial charge in [-0.15, -0.1) is 0 Å². The minimum atomic E-state index is -2.33. The van der Waals surface area contributed by atoms with E-state index in [0.717, 1.165) is 0 Å². The Morgan fingerprint density at radius 2 is 0.538 bits per heavy atom. The van der Waals surface area contributed by atoms with Crippen LogP contribution in [0.5, 0.6) is 0 Å². The van der Waals surface area contributed by atoms with Crippen molar-refractivity contribution in [2.24, 2.45) is 0 Å². The maximum Gasteiger partial charge on any atom is 2.00 e. The Hall–Kier alpha value is 2.37. The number of rotatable bonds is 0. The van der Waals surface area contributed by atoms with Gasteiger partial charge in [-0.2, -0.15) is 0 Å². The molecule has 13 heavy (non-hydrogen) atoms. The predicted octanol–water partition coefficient (Wildman–Crippen LogP) is -6.80. The molecular formula is C2Mg5O6+6. The third kappa shape index (κ3) is 391. The molecule has 11 heteroatoms. The van der Waals surface area contributed by atoms with Crippen LogP contribution in [0.2, 0.25) is 0 Å². The Bertz CT molecular complexity index is 77.0. The van der Waals surface area contributed by atoms with Crippen molar-refractivity contribution in [2.75, 3.05) is 0 Å². The average molecular weight is 242 g/mol. The molecule has 0 amide bonds. The van der Waals surface area contributed by atoms with E-state index >= 15 is 0 Å². The molecule has 0 aromatic carbocycles. The number of carbonyl (C=O) groups is 2. The molecule has 0 fully saturated rings. The quantitative estimate of drug-likeness (QED) is 0.388. The summed E-state index contributed by atoms with van der Waals surface area (Å²) in [5, 5.41) is 33.3. The fourth-order valence-corrected chi connectivity index (χ4v) is 0. The molecule has 0 unspecified atom stereocenters. The van der Waals surface area contributed by atoms with Gasteiger partial charge in [-0.25, -0.2) is 0 Å². The standard InChI is InChI=1S/2CH2O3.5Mg/c2*2-1(3)4;;;;;/h2*(H2,2,3,4);;;;;/q;;5*+2/p-4. The Morgan fingerprint density at radius 1 is 0.538 bits per heavy atom. The first-order chi connectivity index (χ1) is 3.46. The van der Waals surface area contributed by atoms with Crippen LogP contribution < -0.4 is 20.4 Å². The largest absolute Gasteiger partial charge is 2.00 e. The monoisotopic (exact) mass is 240 g/mol. The Labute approximate surface area is 155 Å². The SMILES string of the molecule is O=C([O-])[O-].O=C([O-])[O-].[Mg+2].[Mg+2].[Mg+2].[Mg+2].[Mg+2]. The van der Waals surface area contributed by atoms with Crippen molar-refractivity contribution in [3.05, 3.63) is 0 Å². The summed E-state index contributed by atoms with van der Waals surface area (Å²) in [6.45, 7) is 0. The van der Waals surface area contributed by atoms with E-state index in [4.69, 9.17) is 30.0 Å². The third-order valence-corrected chi connectivity index (χ3v) is 0. The summed E-state index contributed by atoms with van der Waals surface area (Å²) in [7, 11) is 0. The molecule has 0 atom stereocenters. The zero-order valence-corrected chi connectivity index (χ0v) is 14.1. The second kappa shape index (κ2) is 36.7. The predicted molar refractivity (Wildman–Crippen MR) is 39.6 cm³/mol. The van der Waals surface area contributed by atoms with Crippen LogP contribution >= 0.6 is 0 Å². The summed E-state index contributed by atoms with van der Waals surface area (Å²) in [5.74, 6) is 0. The normalized spacial score (nSPS) is 3.69. The summed E-state index contributed by atoms with van der Waals surface area (Å²) in [5.41, 5.74) is 0. The van der Waals surface area contributed by atoms with E-state index < -0.39 is 12.3 Å². The summed E-state index contributed by atoms with van der Waals surface area (Å²) >= 11 is 0. The van der Waals surface area contributed by atoms with Gasteiger partial charge in [0, 0.05) is 0 Å². The fourth-order valence-electron chi connectivity index (χ4n) is 0. The fraction of sp³-hybridized carbons (Fsp3) is 0.